The maximum Gasteiger partial charge on any atom is 0.232 e. The molecule has 31 heavy (non-hydrogen) atoms. The number of ether oxygens (including phenoxy) is 3. The third-order valence-corrected chi connectivity index (χ3v) is 6.00. The van der Waals surface area contributed by atoms with E-state index in [1.165, 1.54) is 4.31 Å². The minimum atomic E-state index is -3.49. The van der Waals surface area contributed by atoms with E-state index in [2.05, 4.69) is 5.32 Å². The number of carbonyl (C=O) groups is 1. The van der Waals surface area contributed by atoms with Crippen molar-refractivity contribution in [3.05, 3.63) is 48.0 Å². The minimum absolute atomic E-state index is 0.179. The van der Waals surface area contributed by atoms with Crippen LogP contribution >= 0.6 is 0 Å². The molecule has 0 saturated heterocycles. The summed E-state index contributed by atoms with van der Waals surface area (Å²) < 4.78 is 41.5. The number of nitrogens with zero attached hydrogens (tertiary/aromatic N) is 1. The molecule has 0 fully saturated rings. The molecule has 0 heterocycles. The van der Waals surface area contributed by atoms with Gasteiger partial charge in [0.2, 0.25) is 15.9 Å². The van der Waals surface area contributed by atoms with Crippen LogP contribution in [-0.2, 0) is 14.8 Å². The highest BCUT2D eigenvalue weighted by Gasteiger charge is 2.19. The molecule has 0 aliphatic carbocycles. The normalized spacial score (nSPS) is 12.0. The zero-order valence-electron chi connectivity index (χ0n) is 18.5. The molecule has 0 aromatic heterocycles. The van der Waals surface area contributed by atoms with Crippen LogP contribution in [0.25, 0.3) is 0 Å². The molecular formula is C22H30N2O6S. The number of hydrogen-bond donors (Lipinski definition) is 1. The van der Waals surface area contributed by atoms with Gasteiger partial charge in [0.25, 0.3) is 0 Å². The van der Waals surface area contributed by atoms with E-state index in [0.717, 1.165) is 11.8 Å². The van der Waals surface area contributed by atoms with E-state index >= 15 is 0 Å². The molecule has 1 N–H and O–H groups in total. The van der Waals surface area contributed by atoms with Gasteiger partial charge in [0, 0.05) is 18.5 Å². The monoisotopic (exact) mass is 450 g/mol. The largest absolute Gasteiger partial charge is 0.497 e. The first-order chi connectivity index (χ1) is 14.7. The van der Waals surface area contributed by atoms with E-state index in [9.17, 15) is 13.2 Å². The summed E-state index contributed by atoms with van der Waals surface area (Å²) in [5.74, 6) is 1.77. The van der Waals surface area contributed by atoms with Crippen LogP contribution in [0.3, 0.4) is 0 Å². The second-order valence-electron chi connectivity index (χ2n) is 7.03. The Labute approximate surface area is 184 Å². The lowest BCUT2D eigenvalue weighted by atomic mass is 10.1. The summed E-state index contributed by atoms with van der Waals surface area (Å²) >= 11 is 0. The molecule has 1 unspecified atom stereocenters. The van der Waals surface area contributed by atoms with E-state index in [4.69, 9.17) is 14.2 Å². The molecule has 0 aliphatic rings. The Morgan fingerprint density at radius 1 is 1.00 bits per heavy atom. The van der Waals surface area contributed by atoms with Gasteiger partial charge in [-0.3, -0.25) is 9.10 Å². The summed E-state index contributed by atoms with van der Waals surface area (Å²) in [6.07, 6.45) is 1.69. The van der Waals surface area contributed by atoms with Crippen molar-refractivity contribution in [1.29, 1.82) is 0 Å². The Balaban J connectivity index is 1.99. The average molecular weight is 451 g/mol. The van der Waals surface area contributed by atoms with Crippen LogP contribution in [0.2, 0.25) is 0 Å². The summed E-state index contributed by atoms with van der Waals surface area (Å²) in [6, 6.07) is 11.8. The van der Waals surface area contributed by atoms with Gasteiger partial charge in [0.15, 0.2) is 0 Å². The van der Waals surface area contributed by atoms with Crippen LogP contribution in [0.5, 0.6) is 17.2 Å². The number of carbonyl (C=O) groups excluding carboxylic acids is 1. The van der Waals surface area contributed by atoms with Crippen molar-refractivity contribution in [2.75, 3.05) is 38.4 Å². The Bertz CT molecular complexity index is 976. The van der Waals surface area contributed by atoms with Crippen LogP contribution in [0, 0.1) is 0 Å². The SMILES string of the molecule is COc1ccc(N(CCCC(=O)NC(C)c2cc(OC)ccc2OC)S(C)(=O)=O)cc1. The maximum atomic E-state index is 12.5. The summed E-state index contributed by atoms with van der Waals surface area (Å²) in [5, 5.41) is 2.93. The molecule has 0 radical (unpaired) electrons. The summed E-state index contributed by atoms with van der Waals surface area (Å²) in [4.78, 5) is 12.5. The van der Waals surface area contributed by atoms with Gasteiger partial charge in [-0.25, -0.2) is 8.42 Å². The van der Waals surface area contributed by atoms with E-state index in [1.807, 2.05) is 13.0 Å². The van der Waals surface area contributed by atoms with Gasteiger partial charge >= 0.3 is 0 Å². The Morgan fingerprint density at radius 3 is 2.16 bits per heavy atom. The van der Waals surface area contributed by atoms with Gasteiger partial charge in [-0.05, 0) is 55.8 Å². The third-order valence-electron chi connectivity index (χ3n) is 4.81. The van der Waals surface area contributed by atoms with Crippen molar-refractivity contribution in [2.45, 2.75) is 25.8 Å². The Morgan fingerprint density at radius 2 is 1.61 bits per heavy atom. The zero-order chi connectivity index (χ0) is 23.0. The fourth-order valence-corrected chi connectivity index (χ4v) is 4.15. The highest BCUT2D eigenvalue weighted by Crippen LogP contribution is 2.29. The Kier molecular flexibility index (Phi) is 8.56. The molecule has 0 spiro atoms. The highest BCUT2D eigenvalue weighted by atomic mass is 32.2. The molecule has 0 bridgehead atoms. The maximum absolute atomic E-state index is 12.5. The molecule has 0 saturated carbocycles. The predicted molar refractivity (Wildman–Crippen MR) is 121 cm³/mol. The second kappa shape index (κ2) is 10.9. The fraction of sp³-hybridized carbons (Fsp3) is 0.409. The number of amides is 1. The number of sulfonamides is 1. The lowest BCUT2D eigenvalue weighted by molar-refractivity contribution is -0.121. The molecule has 170 valence electrons. The lowest BCUT2D eigenvalue weighted by Crippen LogP contribution is -2.32. The third kappa shape index (κ3) is 6.78. The van der Waals surface area contributed by atoms with Crippen LogP contribution < -0.4 is 23.8 Å². The van der Waals surface area contributed by atoms with E-state index < -0.39 is 10.0 Å². The minimum Gasteiger partial charge on any atom is -0.497 e. The van der Waals surface area contributed by atoms with Gasteiger partial charge in [-0.1, -0.05) is 0 Å². The molecule has 1 atom stereocenters. The van der Waals surface area contributed by atoms with E-state index in [1.54, 1.807) is 57.7 Å². The summed E-state index contributed by atoms with van der Waals surface area (Å²) in [6.45, 7) is 2.05. The van der Waals surface area contributed by atoms with E-state index in [0.29, 0.717) is 29.4 Å². The average Bonchev–Trinajstić information content (AvgIpc) is 2.75. The van der Waals surface area contributed by atoms with Crippen molar-refractivity contribution in [3.8, 4) is 17.2 Å². The smallest absolute Gasteiger partial charge is 0.232 e. The molecule has 0 aliphatic heterocycles. The molecule has 1 amide bonds. The van der Waals surface area contributed by atoms with Gasteiger partial charge in [-0.15, -0.1) is 0 Å². The van der Waals surface area contributed by atoms with Crippen LogP contribution in [-0.4, -0.2) is 48.5 Å². The van der Waals surface area contributed by atoms with Gasteiger partial charge < -0.3 is 19.5 Å². The van der Waals surface area contributed by atoms with Crippen molar-refractivity contribution in [3.63, 3.8) is 0 Å². The van der Waals surface area contributed by atoms with Gasteiger partial charge in [-0.2, -0.15) is 0 Å². The first-order valence-corrected chi connectivity index (χ1v) is 11.7. The molecule has 2 rings (SSSR count). The first kappa shape index (κ1) is 24.3. The zero-order valence-corrected chi connectivity index (χ0v) is 19.4. The second-order valence-corrected chi connectivity index (χ2v) is 8.94. The van der Waals surface area contributed by atoms with Crippen molar-refractivity contribution >= 4 is 21.6 Å². The quantitative estimate of drug-likeness (QED) is 0.565. The lowest BCUT2D eigenvalue weighted by Gasteiger charge is -2.23. The summed E-state index contributed by atoms with van der Waals surface area (Å²) in [5.41, 5.74) is 1.32. The van der Waals surface area contributed by atoms with Crippen molar-refractivity contribution in [1.82, 2.24) is 5.32 Å². The molecular weight excluding hydrogens is 420 g/mol. The molecule has 9 heteroatoms. The predicted octanol–water partition coefficient (Wildman–Crippen LogP) is 3.14. The number of benzene rings is 2. The summed E-state index contributed by atoms with van der Waals surface area (Å²) in [7, 11) is 1.20. The molecule has 2 aromatic rings. The number of methoxy groups -OCH3 is 3. The van der Waals surface area contributed by atoms with Crippen molar-refractivity contribution < 1.29 is 27.4 Å². The van der Waals surface area contributed by atoms with Crippen molar-refractivity contribution in [2.24, 2.45) is 0 Å². The fourth-order valence-electron chi connectivity index (χ4n) is 3.19. The Hall–Kier alpha value is -2.94. The first-order valence-electron chi connectivity index (χ1n) is 9.82. The highest BCUT2D eigenvalue weighted by molar-refractivity contribution is 7.92. The number of rotatable bonds is 11. The topological polar surface area (TPSA) is 94.2 Å². The number of hydrogen-bond acceptors (Lipinski definition) is 6. The number of nitrogens with one attached hydrogen (secondary N) is 1. The van der Waals surface area contributed by atoms with Crippen LogP contribution in [0.4, 0.5) is 5.69 Å². The van der Waals surface area contributed by atoms with Crippen LogP contribution in [0.1, 0.15) is 31.4 Å². The molecule has 8 nitrogen and oxygen atoms in total. The number of anilines is 1. The molecule has 2 aromatic carbocycles. The standard InChI is InChI=1S/C22H30N2O6S/c1-16(20-15-19(29-3)12-13-21(20)30-4)23-22(25)7-6-14-24(31(5,26)27)17-8-10-18(28-2)11-9-17/h8-13,15-16H,6-7,14H2,1-5H3,(H,23,25). The van der Waals surface area contributed by atoms with Crippen LogP contribution in [0.15, 0.2) is 42.5 Å². The van der Waals surface area contributed by atoms with Gasteiger partial charge in [0.1, 0.15) is 17.2 Å². The van der Waals surface area contributed by atoms with Gasteiger partial charge in [0.05, 0.1) is 39.3 Å². The van der Waals surface area contributed by atoms with E-state index in [-0.39, 0.29) is 24.9 Å².